The van der Waals surface area contributed by atoms with Gasteiger partial charge in [0.25, 0.3) is 0 Å². The quantitative estimate of drug-likeness (QED) is 0.507. The molecule has 0 amide bonds. The molecule has 0 saturated heterocycles. The first-order valence-electron chi connectivity index (χ1n) is 9.48. The summed E-state index contributed by atoms with van der Waals surface area (Å²) in [6.45, 7) is 3.59. The lowest BCUT2D eigenvalue weighted by atomic mass is 9.77. The lowest BCUT2D eigenvalue weighted by molar-refractivity contribution is -0.145. The van der Waals surface area contributed by atoms with Gasteiger partial charge in [0.05, 0.1) is 7.11 Å². The van der Waals surface area contributed by atoms with Crippen molar-refractivity contribution in [3.05, 3.63) is 22.5 Å². The topological polar surface area (TPSA) is 85.5 Å². The number of aromatic nitrogens is 1. The number of fused-ring (bicyclic) bond motifs is 1. The summed E-state index contributed by atoms with van der Waals surface area (Å²) in [6, 6.07) is 0. The molecule has 1 N–H and O–H groups in total. The van der Waals surface area contributed by atoms with Gasteiger partial charge >= 0.3 is 11.9 Å². The molecule has 1 aromatic rings. The summed E-state index contributed by atoms with van der Waals surface area (Å²) < 4.78 is 10.5. The summed E-state index contributed by atoms with van der Waals surface area (Å²) in [6.07, 6.45) is 6.79. The van der Waals surface area contributed by atoms with Gasteiger partial charge in [-0.1, -0.05) is 19.8 Å². The summed E-state index contributed by atoms with van der Waals surface area (Å²) >= 11 is 0. The Hall–Kier alpha value is -2.11. The third kappa shape index (κ3) is 3.41. The van der Waals surface area contributed by atoms with Crippen molar-refractivity contribution in [1.29, 1.82) is 0 Å². The first-order chi connectivity index (χ1) is 12.4. The van der Waals surface area contributed by atoms with Crippen LogP contribution in [0.2, 0.25) is 0 Å². The van der Waals surface area contributed by atoms with Crippen LogP contribution in [0.5, 0.6) is 0 Å². The molecule has 0 aliphatic heterocycles. The molecule has 3 rings (SSSR count). The van der Waals surface area contributed by atoms with Crippen LogP contribution in [-0.4, -0.2) is 35.9 Å². The normalized spacial score (nSPS) is 23.9. The number of carbonyl (C=O) groups excluding carboxylic acids is 3. The van der Waals surface area contributed by atoms with E-state index in [0.29, 0.717) is 28.9 Å². The van der Waals surface area contributed by atoms with E-state index in [4.69, 9.17) is 9.47 Å². The van der Waals surface area contributed by atoms with Crippen LogP contribution < -0.4 is 0 Å². The number of H-pyrrole nitrogens is 1. The van der Waals surface area contributed by atoms with Crippen LogP contribution in [-0.2, 0) is 20.7 Å². The molecular formula is C20H27NO5. The number of hydrogen-bond donors (Lipinski definition) is 1. The van der Waals surface area contributed by atoms with Crippen molar-refractivity contribution in [3.8, 4) is 0 Å². The smallest absolute Gasteiger partial charge is 0.355 e. The van der Waals surface area contributed by atoms with E-state index in [9.17, 15) is 14.4 Å². The van der Waals surface area contributed by atoms with E-state index in [1.807, 2.05) is 6.92 Å². The van der Waals surface area contributed by atoms with E-state index in [2.05, 4.69) is 4.98 Å². The molecule has 0 unspecified atom stereocenters. The fourth-order valence-corrected chi connectivity index (χ4v) is 4.24. The van der Waals surface area contributed by atoms with Crippen molar-refractivity contribution in [2.75, 3.05) is 7.11 Å². The van der Waals surface area contributed by atoms with Gasteiger partial charge in [-0.25, -0.2) is 4.79 Å². The Labute approximate surface area is 153 Å². The number of Topliss-reactive ketones (excluding diaryl/α,β-unsaturated/α-hetero) is 1. The van der Waals surface area contributed by atoms with E-state index in [1.54, 1.807) is 6.92 Å². The molecule has 1 saturated carbocycles. The average Bonchev–Trinajstić information content (AvgIpc) is 2.77. The molecule has 2 aliphatic carbocycles. The highest BCUT2D eigenvalue weighted by Crippen LogP contribution is 2.34. The van der Waals surface area contributed by atoms with E-state index in [-0.39, 0.29) is 17.8 Å². The Morgan fingerprint density at radius 2 is 1.77 bits per heavy atom. The predicted molar refractivity (Wildman–Crippen MR) is 95.1 cm³/mol. The van der Waals surface area contributed by atoms with Crippen molar-refractivity contribution in [1.82, 2.24) is 4.98 Å². The van der Waals surface area contributed by atoms with Crippen LogP contribution in [0.1, 0.15) is 77.6 Å². The maximum absolute atomic E-state index is 12.8. The Bertz CT molecular complexity index is 712. The maximum Gasteiger partial charge on any atom is 0.355 e. The summed E-state index contributed by atoms with van der Waals surface area (Å²) in [5.41, 5.74) is 2.08. The number of methoxy groups -OCH3 is 1. The number of ether oxygens (including phenoxy) is 2. The van der Waals surface area contributed by atoms with Gasteiger partial charge in [-0.3, -0.25) is 9.59 Å². The Morgan fingerprint density at radius 1 is 1.12 bits per heavy atom. The second kappa shape index (κ2) is 7.64. The lowest BCUT2D eigenvalue weighted by Gasteiger charge is -2.25. The molecular weight excluding hydrogens is 334 g/mol. The maximum atomic E-state index is 12.8. The average molecular weight is 361 g/mol. The van der Waals surface area contributed by atoms with Gasteiger partial charge in [0.2, 0.25) is 0 Å². The van der Waals surface area contributed by atoms with Crippen LogP contribution in [0.4, 0.5) is 0 Å². The van der Waals surface area contributed by atoms with Crippen LogP contribution in [0, 0.1) is 18.8 Å². The lowest BCUT2D eigenvalue weighted by Crippen LogP contribution is -2.36. The molecule has 1 fully saturated rings. The highest BCUT2D eigenvalue weighted by atomic mass is 16.5. The number of hydrogen-bond acceptors (Lipinski definition) is 5. The zero-order chi connectivity index (χ0) is 18.8. The van der Waals surface area contributed by atoms with Gasteiger partial charge < -0.3 is 14.5 Å². The zero-order valence-electron chi connectivity index (χ0n) is 15.7. The van der Waals surface area contributed by atoms with Crippen LogP contribution in [0.3, 0.4) is 0 Å². The van der Waals surface area contributed by atoms with E-state index in [1.165, 1.54) is 20.0 Å². The SMILES string of the molecule is COC(=O)[C@H]1C(=O)c2c([nH]c(C(=O)OC3CCCCCC3)c2C)C[C@@H]1C. The van der Waals surface area contributed by atoms with Crippen molar-refractivity contribution in [2.45, 2.75) is 64.9 Å². The van der Waals surface area contributed by atoms with Crippen molar-refractivity contribution in [3.63, 3.8) is 0 Å². The van der Waals surface area contributed by atoms with Crippen LogP contribution >= 0.6 is 0 Å². The Morgan fingerprint density at radius 3 is 2.38 bits per heavy atom. The largest absolute Gasteiger partial charge is 0.468 e. The molecule has 0 aromatic carbocycles. The zero-order valence-corrected chi connectivity index (χ0v) is 15.7. The molecule has 0 bridgehead atoms. The number of aromatic amines is 1. The molecule has 0 radical (unpaired) electrons. The predicted octanol–water partition coefficient (Wildman–Crippen LogP) is 3.37. The standard InChI is InChI=1S/C20H27NO5/c1-11-10-14-16(18(22)15(11)19(23)25-3)12(2)17(21-14)20(24)26-13-8-6-4-5-7-9-13/h11,13,15,21H,4-10H2,1-3H3/t11-,15+/m0/s1. The van der Waals surface area contributed by atoms with Gasteiger partial charge in [0, 0.05) is 11.3 Å². The molecule has 0 spiro atoms. The molecule has 2 aliphatic rings. The van der Waals surface area contributed by atoms with Gasteiger partial charge in [0.1, 0.15) is 17.7 Å². The monoisotopic (exact) mass is 361 g/mol. The van der Waals surface area contributed by atoms with Gasteiger partial charge in [-0.05, 0) is 50.5 Å². The van der Waals surface area contributed by atoms with Crippen molar-refractivity contribution >= 4 is 17.7 Å². The fourth-order valence-electron chi connectivity index (χ4n) is 4.24. The summed E-state index contributed by atoms with van der Waals surface area (Å²) in [7, 11) is 1.29. The molecule has 6 heteroatoms. The van der Waals surface area contributed by atoms with Gasteiger partial charge in [0.15, 0.2) is 5.78 Å². The van der Waals surface area contributed by atoms with Gasteiger partial charge in [-0.15, -0.1) is 0 Å². The molecule has 1 aromatic heterocycles. The highest BCUT2D eigenvalue weighted by molar-refractivity contribution is 6.12. The second-order valence-corrected chi connectivity index (χ2v) is 7.54. The van der Waals surface area contributed by atoms with E-state index in [0.717, 1.165) is 25.7 Å². The number of rotatable bonds is 3. The van der Waals surface area contributed by atoms with Crippen molar-refractivity contribution in [2.24, 2.45) is 11.8 Å². The number of esters is 2. The Balaban J connectivity index is 1.83. The second-order valence-electron chi connectivity index (χ2n) is 7.54. The minimum absolute atomic E-state index is 0.0535. The van der Waals surface area contributed by atoms with E-state index >= 15 is 0 Å². The third-order valence-electron chi connectivity index (χ3n) is 5.69. The number of ketones is 1. The first kappa shape index (κ1) is 18.7. The molecule has 26 heavy (non-hydrogen) atoms. The third-order valence-corrected chi connectivity index (χ3v) is 5.69. The van der Waals surface area contributed by atoms with E-state index < -0.39 is 17.9 Å². The number of nitrogens with one attached hydrogen (secondary N) is 1. The fraction of sp³-hybridized carbons (Fsp3) is 0.650. The Kier molecular flexibility index (Phi) is 5.49. The minimum atomic E-state index is -0.812. The molecule has 142 valence electrons. The van der Waals surface area contributed by atoms with Crippen LogP contribution in [0.25, 0.3) is 0 Å². The summed E-state index contributed by atoms with van der Waals surface area (Å²) in [4.78, 5) is 40.6. The molecule has 1 heterocycles. The van der Waals surface area contributed by atoms with Gasteiger partial charge in [-0.2, -0.15) is 0 Å². The minimum Gasteiger partial charge on any atom is -0.468 e. The van der Waals surface area contributed by atoms with Crippen LogP contribution in [0.15, 0.2) is 0 Å². The molecule has 6 nitrogen and oxygen atoms in total. The first-order valence-corrected chi connectivity index (χ1v) is 9.48. The summed E-state index contributed by atoms with van der Waals surface area (Å²) in [5, 5.41) is 0. The molecule has 2 atom stereocenters. The highest BCUT2D eigenvalue weighted by Gasteiger charge is 2.42. The van der Waals surface area contributed by atoms with Crippen molar-refractivity contribution < 1.29 is 23.9 Å². The summed E-state index contributed by atoms with van der Waals surface area (Å²) in [5.74, 6) is -2.18. The number of carbonyl (C=O) groups is 3.